The van der Waals surface area contributed by atoms with Crippen LogP contribution in [-0.4, -0.2) is 44.7 Å². The molecular formula is C40H44BBrN3NaO4. The van der Waals surface area contributed by atoms with Gasteiger partial charge in [0.05, 0.1) is 0 Å². The summed E-state index contributed by atoms with van der Waals surface area (Å²) >= 11 is 3.20. The average molecular weight is 745 g/mol. The van der Waals surface area contributed by atoms with Crippen LogP contribution in [0.5, 0.6) is 0 Å². The molecule has 0 aliphatic rings. The third-order valence-electron chi connectivity index (χ3n) is 5.16. The minimum atomic E-state index is -1.17. The Hall–Kier alpha value is -4.35. The van der Waals surface area contributed by atoms with E-state index >= 15 is 0 Å². The van der Waals surface area contributed by atoms with Gasteiger partial charge in [0.1, 0.15) is 17.2 Å². The smallest absolute Gasteiger partial charge is 1.00 e. The number of carbonyl (C=O) groups is 2. The molecule has 7 nitrogen and oxygen atoms in total. The van der Waals surface area contributed by atoms with Gasteiger partial charge in [-0.2, -0.15) is 0 Å². The van der Waals surface area contributed by atoms with Crippen molar-refractivity contribution in [3.63, 3.8) is 0 Å². The van der Waals surface area contributed by atoms with E-state index in [1.165, 1.54) is 12.4 Å². The molecule has 3 heterocycles. The molecule has 0 bridgehead atoms. The molecule has 254 valence electrons. The number of hydrogen-bond donors (Lipinski definition) is 2. The third-order valence-corrected chi connectivity index (χ3v) is 5.63. The van der Waals surface area contributed by atoms with E-state index in [0.29, 0.717) is 0 Å². The summed E-state index contributed by atoms with van der Waals surface area (Å²) in [5.41, 5.74) is 4.78. The van der Waals surface area contributed by atoms with Crippen LogP contribution in [0.15, 0.2) is 175 Å². The largest absolute Gasteiger partial charge is 1.00 e. The molecule has 0 unspecified atom stereocenters. The molecule has 0 spiro atoms. The Balaban J connectivity index is -0.000000528. The molecule has 3 aromatic heterocycles. The number of benzene rings is 3. The fraction of sp³-hybridized carbons (Fsp3) is 0.0750. The Bertz CT molecular complexity index is 1420. The SMILES string of the molecule is Brc1ccccn1.C=Cc1ccccc1.CB(O)O.Cc1ccccn1.Cc1ccccn1.O=Cc1ccccc1.O=Cc1ccccc1.[H-].[Na+]. The van der Waals surface area contributed by atoms with Crippen molar-refractivity contribution in [1.29, 1.82) is 0 Å². The van der Waals surface area contributed by atoms with Crippen LogP contribution in [0, 0.1) is 13.8 Å². The Morgan fingerprint density at radius 1 is 0.560 bits per heavy atom. The van der Waals surface area contributed by atoms with Crippen molar-refractivity contribution in [2.24, 2.45) is 0 Å². The first-order chi connectivity index (χ1) is 23.7. The first-order valence-electron chi connectivity index (χ1n) is 15.1. The van der Waals surface area contributed by atoms with Gasteiger partial charge < -0.3 is 11.5 Å². The summed E-state index contributed by atoms with van der Waals surface area (Å²) in [6.07, 6.45) is 8.81. The van der Waals surface area contributed by atoms with Gasteiger partial charge in [-0.3, -0.25) is 19.6 Å². The van der Waals surface area contributed by atoms with Crippen molar-refractivity contribution in [2.45, 2.75) is 20.7 Å². The van der Waals surface area contributed by atoms with E-state index in [4.69, 9.17) is 10.0 Å². The second-order valence-corrected chi connectivity index (χ2v) is 10.2. The topological polar surface area (TPSA) is 113 Å². The monoisotopic (exact) mass is 743 g/mol. The zero-order valence-corrected chi connectivity index (χ0v) is 32.6. The van der Waals surface area contributed by atoms with Gasteiger partial charge in [-0.25, -0.2) is 4.98 Å². The minimum Gasteiger partial charge on any atom is -1.00 e. The Kier molecular flexibility index (Phi) is 33.0. The van der Waals surface area contributed by atoms with Crippen molar-refractivity contribution < 1.29 is 50.6 Å². The van der Waals surface area contributed by atoms with Gasteiger partial charge in [0, 0.05) is 41.1 Å². The molecule has 0 amide bonds. The molecule has 0 aliphatic heterocycles. The van der Waals surface area contributed by atoms with Crippen LogP contribution >= 0.6 is 15.9 Å². The Labute approximate surface area is 329 Å². The molecule has 2 N–H and O–H groups in total. The van der Waals surface area contributed by atoms with Crippen LogP contribution in [-0.2, 0) is 0 Å². The number of nitrogens with zero attached hydrogens (tertiary/aromatic N) is 3. The van der Waals surface area contributed by atoms with E-state index < -0.39 is 7.12 Å². The zero-order valence-electron chi connectivity index (χ0n) is 30.0. The van der Waals surface area contributed by atoms with Gasteiger partial charge in [0.2, 0.25) is 0 Å². The number of rotatable bonds is 3. The first-order valence-corrected chi connectivity index (χ1v) is 15.9. The summed E-state index contributed by atoms with van der Waals surface area (Å²) in [7, 11) is -1.17. The summed E-state index contributed by atoms with van der Waals surface area (Å²) in [5, 5.41) is 15.2. The number of aryl methyl sites for hydroxylation is 2. The van der Waals surface area contributed by atoms with Crippen molar-refractivity contribution in [1.82, 2.24) is 15.0 Å². The van der Waals surface area contributed by atoms with Gasteiger partial charge in [0.15, 0.2) is 0 Å². The van der Waals surface area contributed by atoms with E-state index in [1.54, 1.807) is 42.9 Å². The van der Waals surface area contributed by atoms with Crippen molar-refractivity contribution in [2.75, 3.05) is 0 Å². The van der Waals surface area contributed by atoms with Crippen LogP contribution in [0.25, 0.3) is 6.08 Å². The summed E-state index contributed by atoms with van der Waals surface area (Å²) < 4.78 is 0.884. The standard InChI is InChI=1S/C8H8.2C7H6O.2C6H7N.C5H4BrN.CH5BO2.Na.H/c1-2-8-6-4-3-5-7-8;2*8-6-7-4-2-1-3-5-7;2*1-6-4-2-3-5-7-6;6-5-3-1-2-4-7-5;1-2(3)4;;/h2-7H,1H2;2*1-6H;2*2-5H,1H3;1-4H;3-4H,1H3;;/q;;;;;;;+1;-1. The quantitative estimate of drug-likeness (QED) is 0.127. The number of hydrogen-bond acceptors (Lipinski definition) is 7. The molecule has 0 atom stereocenters. The fourth-order valence-electron chi connectivity index (χ4n) is 2.89. The molecule has 6 aromatic rings. The van der Waals surface area contributed by atoms with Gasteiger partial charge in [-0.15, -0.1) is 0 Å². The van der Waals surface area contributed by atoms with Crippen molar-refractivity contribution in [3.8, 4) is 0 Å². The zero-order chi connectivity index (χ0) is 36.4. The molecule has 0 fully saturated rings. The van der Waals surface area contributed by atoms with Crippen LogP contribution in [0.4, 0.5) is 0 Å². The molecular weight excluding hydrogens is 700 g/mol. The minimum absolute atomic E-state index is 0. The summed E-state index contributed by atoms with van der Waals surface area (Å²) in [5.74, 6) is 0. The molecule has 50 heavy (non-hydrogen) atoms. The van der Waals surface area contributed by atoms with Crippen LogP contribution in [0.3, 0.4) is 0 Å². The summed E-state index contributed by atoms with van der Waals surface area (Å²) in [6, 6.07) is 45.6. The number of aromatic nitrogens is 3. The van der Waals surface area contributed by atoms with E-state index in [9.17, 15) is 9.59 Å². The second-order valence-electron chi connectivity index (χ2n) is 9.40. The van der Waals surface area contributed by atoms with E-state index in [2.05, 4.69) is 37.5 Å². The maximum atomic E-state index is 10.0. The van der Waals surface area contributed by atoms with Gasteiger partial charge in [-0.05, 0) is 78.6 Å². The number of aldehydes is 2. The predicted molar refractivity (Wildman–Crippen MR) is 207 cm³/mol. The van der Waals surface area contributed by atoms with E-state index in [1.807, 2.05) is 141 Å². The number of pyridine rings is 3. The molecule has 0 saturated carbocycles. The predicted octanol–water partition coefficient (Wildman–Crippen LogP) is 6.16. The Morgan fingerprint density at radius 3 is 1.00 bits per heavy atom. The maximum Gasteiger partial charge on any atom is 1.00 e. The summed E-state index contributed by atoms with van der Waals surface area (Å²) in [6.45, 7) is 8.85. The van der Waals surface area contributed by atoms with Crippen LogP contribution in [0.2, 0.25) is 6.82 Å². The van der Waals surface area contributed by atoms with Gasteiger partial charge in [0.25, 0.3) is 0 Å². The maximum absolute atomic E-state index is 10.0. The van der Waals surface area contributed by atoms with Crippen LogP contribution < -0.4 is 29.6 Å². The molecule has 0 radical (unpaired) electrons. The molecule has 0 saturated heterocycles. The van der Waals surface area contributed by atoms with E-state index in [0.717, 1.165) is 39.7 Å². The molecule has 10 heteroatoms. The van der Waals surface area contributed by atoms with Gasteiger partial charge >= 0.3 is 36.7 Å². The molecule has 3 aromatic carbocycles. The third kappa shape index (κ3) is 32.2. The number of carbonyl (C=O) groups excluding carboxylic acids is 2. The number of halogens is 1. The summed E-state index contributed by atoms with van der Waals surface area (Å²) in [4.78, 5) is 31.9. The molecule has 6 rings (SSSR count). The van der Waals surface area contributed by atoms with Crippen molar-refractivity contribution in [3.05, 3.63) is 203 Å². The van der Waals surface area contributed by atoms with Crippen molar-refractivity contribution >= 4 is 41.7 Å². The first kappa shape index (κ1) is 47.8. The fourth-order valence-corrected chi connectivity index (χ4v) is 3.16. The average Bonchev–Trinajstić information content (AvgIpc) is 3.15. The van der Waals surface area contributed by atoms with Gasteiger partial charge in [-0.1, -0.05) is 122 Å². The molecule has 0 aliphatic carbocycles. The van der Waals surface area contributed by atoms with Crippen LogP contribution in [0.1, 0.15) is 39.1 Å². The Morgan fingerprint density at radius 2 is 0.860 bits per heavy atom. The van der Waals surface area contributed by atoms with E-state index in [-0.39, 0.29) is 31.0 Å². The normalized spacial score (nSPS) is 8.28. The second kappa shape index (κ2) is 34.5.